The second kappa shape index (κ2) is 5.48. The standard InChI is InChI=1S/C14H21N5O/c1-6-19-11(3)13(10(2)16-19)14(20)17(4)8-12-7-15-18(5)9-12/h7,9H,6,8H2,1-5H3. The number of amides is 1. The van der Waals surface area contributed by atoms with Crippen molar-refractivity contribution >= 4 is 5.91 Å². The predicted octanol–water partition coefficient (Wildman–Crippen LogP) is 1.53. The Hall–Kier alpha value is -2.11. The van der Waals surface area contributed by atoms with Gasteiger partial charge in [0.15, 0.2) is 0 Å². The molecule has 6 heteroatoms. The van der Waals surface area contributed by atoms with Gasteiger partial charge in [-0.2, -0.15) is 10.2 Å². The molecule has 108 valence electrons. The first-order chi connectivity index (χ1) is 9.43. The Balaban J connectivity index is 2.20. The molecule has 0 fully saturated rings. The number of aryl methyl sites for hydroxylation is 3. The molecule has 0 radical (unpaired) electrons. The van der Waals surface area contributed by atoms with Crippen LogP contribution < -0.4 is 0 Å². The van der Waals surface area contributed by atoms with Crippen molar-refractivity contribution < 1.29 is 4.79 Å². The molecule has 20 heavy (non-hydrogen) atoms. The van der Waals surface area contributed by atoms with E-state index in [0.29, 0.717) is 12.1 Å². The van der Waals surface area contributed by atoms with Crippen molar-refractivity contribution in [1.29, 1.82) is 0 Å². The zero-order valence-corrected chi connectivity index (χ0v) is 12.7. The molecule has 2 aromatic heterocycles. The maximum atomic E-state index is 12.6. The molecule has 0 aromatic carbocycles. The van der Waals surface area contributed by atoms with Gasteiger partial charge in [0.25, 0.3) is 5.91 Å². The lowest BCUT2D eigenvalue weighted by molar-refractivity contribution is 0.0783. The fraction of sp³-hybridized carbons (Fsp3) is 0.500. The maximum absolute atomic E-state index is 12.6. The molecule has 0 N–H and O–H groups in total. The van der Waals surface area contributed by atoms with E-state index in [4.69, 9.17) is 0 Å². The number of nitrogens with zero attached hydrogens (tertiary/aromatic N) is 5. The lowest BCUT2D eigenvalue weighted by atomic mass is 10.1. The predicted molar refractivity (Wildman–Crippen MR) is 76.4 cm³/mol. The van der Waals surface area contributed by atoms with E-state index < -0.39 is 0 Å². The van der Waals surface area contributed by atoms with E-state index >= 15 is 0 Å². The van der Waals surface area contributed by atoms with Crippen LogP contribution in [-0.2, 0) is 20.1 Å². The lowest BCUT2D eigenvalue weighted by Gasteiger charge is -2.16. The summed E-state index contributed by atoms with van der Waals surface area (Å²) in [5.41, 5.74) is 3.43. The summed E-state index contributed by atoms with van der Waals surface area (Å²) in [6.45, 7) is 7.15. The van der Waals surface area contributed by atoms with Gasteiger partial charge in [0, 0.05) is 44.6 Å². The Morgan fingerprint density at radius 2 is 2.10 bits per heavy atom. The molecule has 2 heterocycles. The number of carbonyl (C=O) groups is 1. The van der Waals surface area contributed by atoms with Gasteiger partial charge < -0.3 is 4.90 Å². The normalized spacial score (nSPS) is 10.8. The van der Waals surface area contributed by atoms with Crippen LogP contribution in [0.3, 0.4) is 0 Å². The summed E-state index contributed by atoms with van der Waals surface area (Å²) in [6, 6.07) is 0. The summed E-state index contributed by atoms with van der Waals surface area (Å²) in [7, 11) is 3.67. The van der Waals surface area contributed by atoms with Crippen molar-refractivity contribution in [3.8, 4) is 0 Å². The minimum Gasteiger partial charge on any atom is -0.337 e. The van der Waals surface area contributed by atoms with Crippen LogP contribution >= 0.6 is 0 Å². The highest BCUT2D eigenvalue weighted by atomic mass is 16.2. The maximum Gasteiger partial charge on any atom is 0.257 e. The van der Waals surface area contributed by atoms with Crippen LogP contribution in [0.2, 0.25) is 0 Å². The molecule has 2 aromatic rings. The summed E-state index contributed by atoms with van der Waals surface area (Å²) in [5.74, 6) is 0.00329. The molecule has 6 nitrogen and oxygen atoms in total. The van der Waals surface area contributed by atoms with Crippen molar-refractivity contribution in [1.82, 2.24) is 24.5 Å². The quantitative estimate of drug-likeness (QED) is 0.850. The third kappa shape index (κ3) is 2.59. The first kappa shape index (κ1) is 14.3. The number of carbonyl (C=O) groups excluding carboxylic acids is 1. The zero-order chi connectivity index (χ0) is 14.9. The zero-order valence-electron chi connectivity index (χ0n) is 12.7. The Morgan fingerprint density at radius 3 is 2.60 bits per heavy atom. The molecule has 0 spiro atoms. The van der Waals surface area contributed by atoms with E-state index in [1.165, 1.54) is 0 Å². The summed E-state index contributed by atoms with van der Waals surface area (Å²) < 4.78 is 3.60. The van der Waals surface area contributed by atoms with Gasteiger partial charge in [-0.1, -0.05) is 0 Å². The Kier molecular flexibility index (Phi) is 3.92. The van der Waals surface area contributed by atoms with Gasteiger partial charge in [-0.05, 0) is 20.8 Å². The molecule has 0 bridgehead atoms. The Morgan fingerprint density at radius 1 is 1.40 bits per heavy atom. The second-order valence-corrected chi connectivity index (χ2v) is 5.05. The van der Waals surface area contributed by atoms with E-state index in [1.54, 1.807) is 22.8 Å². The highest BCUT2D eigenvalue weighted by molar-refractivity contribution is 5.96. The molecule has 0 saturated heterocycles. The van der Waals surface area contributed by atoms with E-state index in [-0.39, 0.29) is 5.91 Å². The smallest absolute Gasteiger partial charge is 0.257 e. The van der Waals surface area contributed by atoms with Gasteiger partial charge >= 0.3 is 0 Å². The van der Waals surface area contributed by atoms with Crippen molar-refractivity contribution in [2.45, 2.75) is 33.9 Å². The molecule has 0 aliphatic rings. The summed E-state index contributed by atoms with van der Waals surface area (Å²) in [6.07, 6.45) is 3.69. The van der Waals surface area contributed by atoms with Crippen LogP contribution in [0.5, 0.6) is 0 Å². The van der Waals surface area contributed by atoms with E-state index in [0.717, 1.165) is 23.5 Å². The molecule has 1 amide bonds. The summed E-state index contributed by atoms with van der Waals surface area (Å²) >= 11 is 0. The van der Waals surface area contributed by atoms with Crippen LogP contribution in [0.25, 0.3) is 0 Å². The van der Waals surface area contributed by atoms with Crippen LogP contribution in [0.1, 0.15) is 34.2 Å². The second-order valence-electron chi connectivity index (χ2n) is 5.05. The van der Waals surface area contributed by atoms with Crippen molar-refractivity contribution in [2.24, 2.45) is 7.05 Å². The SMILES string of the molecule is CCn1nc(C)c(C(=O)N(C)Cc2cnn(C)c2)c1C. The Bertz CT molecular complexity index is 626. The molecule has 0 unspecified atom stereocenters. The van der Waals surface area contributed by atoms with Gasteiger partial charge in [0.05, 0.1) is 17.5 Å². The van der Waals surface area contributed by atoms with E-state index in [9.17, 15) is 4.79 Å². The molecule has 0 atom stereocenters. The number of hydrogen-bond donors (Lipinski definition) is 0. The fourth-order valence-electron chi connectivity index (χ4n) is 2.40. The lowest BCUT2D eigenvalue weighted by Crippen LogP contribution is -2.27. The fourth-order valence-corrected chi connectivity index (χ4v) is 2.40. The topological polar surface area (TPSA) is 56.0 Å². The van der Waals surface area contributed by atoms with Crippen LogP contribution in [-0.4, -0.2) is 37.4 Å². The third-order valence-electron chi connectivity index (χ3n) is 3.42. The monoisotopic (exact) mass is 275 g/mol. The van der Waals surface area contributed by atoms with Crippen molar-refractivity contribution in [2.75, 3.05) is 7.05 Å². The minimum atomic E-state index is 0.00329. The van der Waals surface area contributed by atoms with Crippen molar-refractivity contribution in [3.63, 3.8) is 0 Å². The highest BCUT2D eigenvalue weighted by Crippen LogP contribution is 2.16. The van der Waals surface area contributed by atoms with Gasteiger partial charge in [0.1, 0.15) is 0 Å². The minimum absolute atomic E-state index is 0.00329. The van der Waals surface area contributed by atoms with Gasteiger partial charge in [-0.25, -0.2) is 0 Å². The number of hydrogen-bond acceptors (Lipinski definition) is 3. The first-order valence-electron chi connectivity index (χ1n) is 6.71. The van der Waals surface area contributed by atoms with Gasteiger partial charge in [0.2, 0.25) is 0 Å². The molecule has 2 rings (SSSR count). The van der Waals surface area contributed by atoms with Gasteiger partial charge in [-0.15, -0.1) is 0 Å². The largest absolute Gasteiger partial charge is 0.337 e. The summed E-state index contributed by atoms with van der Waals surface area (Å²) in [5, 5.41) is 8.51. The third-order valence-corrected chi connectivity index (χ3v) is 3.42. The first-order valence-corrected chi connectivity index (χ1v) is 6.71. The Labute approximate surface area is 119 Å². The molecular weight excluding hydrogens is 254 g/mol. The van der Waals surface area contributed by atoms with E-state index in [1.807, 2.05) is 38.7 Å². The molecule has 0 saturated carbocycles. The average Bonchev–Trinajstić information content (AvgIpc) is 2.92. The van der Waals surface area contributed by atoms with Crippen LogP contribution in [0.4, 0.5) is 0 Å². The van der Waals surface area contributed by atoms with Crippen LogP contribution in [0.15, 0.2) is 12.4 Å². The van der Waals surface area contributed by atoms with E-state index in [2.05, 4.69) is 10.2 Å². The van der Waals surface area contributed by atoms with Gasteiger partial charge in [-0.3, -0.25) is 14.2 Å². The molecule has 0 aliphatic heterocycles. The number of aromatic nitrogens is 4. The average molecular weight is 275 g/mol. The van der Waals surface area contributed by atoms with Crippen molar-refractivity contribution in [3.05, 3.63) is 34.9 Å². The number of rotatable bonds is 4. The van der Waals surface area contributed by atoms with Crippen LogP contribution in [0, 0.1) is 13.8 Å². The highest BCUT2D eigenvalue weighted by Gasteiger charge is 2.21. The summed E-state index contributed by atoms with van der Waals surface area (Å²) in [4.78, 5) is 14.3. The molecule has 0 aliphatic carbocycles. The molecular formula is C14H21N5O.